The van der Waals surface area contributed by atoms with E-state index < -0.39 is 0 Å². The van der Waals surface area contributed by atoms with Gasteiger partial charge in [0.15, 0.2) is 0 Å². The molecule has 1 aromatic rings. The van der Waals surface area contributed by atoms with Crippen LogP contribution in [-0.4, -0.2) is 30.2 Å². The van der Waals surface area contributed by atoms with Crippen molar-refractivity contribution in [1.29, 1.82) is 0 Å². The van der Waals surface area contributed by atoms with E-state index >= 15 is 0 Å². The van der Waals surface area contributed by atoms with E-state index in [1.54, 1.807) is 7.11 Å². The van der Waals surface area contributed by atoms with Gasteiger partial charge in [-0.25, -0.2) is 9.97 Å². The number of ether oxygens (including phenoxy) is 1. The molecule has 0 bridgehead atoms. The zero-order chi connectivity index (χ0) is 13.5. The van der Waals surface area contributed by atoms with Gasteiger partial charge in [0.25, 0.3) is 0 Å². The Morgan fingerprint density at radius 3 is 2.56 bits per heavy atom. The molecule has 0 fully saturated rings. The molecule has 1 N–H and O–H groups in total. The van der Waals surface area contributed by atoms with Gasteiger partial charge in [-0.15, -0.1) is 0 Å². The van der Waals surface area contributed by atoms with Crippen molar-refractivity contribution in [1.82, 2.24) is 9.97 Å². The van der Waals surface area contributed by atoms with Gasteiger partial charge in [0.1, 0.15) is 11.6 Å². The summed E-state index contributed by atoms with van der Waals surface area (Å²) in [5, 5.41) is 3.41. The van der Waals surface area contributed by atoms with Gasteiger partial charge in [0.05, 0.1) is 6.61 Å². The second kappa shape index (κ2) is 7.31. The van der Waals surface area contributed by atoms with E-state index in [4.69, 9.17) is 4.74 Å². The van der Waals surface area contributed by atoms with Crippen LogP contribution in [0, 0.1) is 6.92 Å². The fraction of sp³-hybridized carbons (Fsp3) is 0.714. The first-order valence-electron chi connectivity index (χ1n) is 6.70. The number of hydrogen-bond donors (Lipinski definition) is 1. The van der Waals surface area contributed by atoms with Gasteiger partial charge < -0.3 is 10.1 Å². The molecule has 0 aliphatic carbocycles. The molecule has 4 nitrogen and oxygen atoms in total. The Balaban J connectivity index is 3.02. The highest BCUT2D eigenvalue weighted by Gasteiger charge is 2.14. The standard InChI is InChI=1S/C14H25N3O/c1-6-8-15-14-13(10(2)3)11(4)16-12(17-14)7-9-18-5/h10H,6-9H2,1-5H3,(H,15,16,17). The number of aryl methyl sites for hydroxylation is 1. The van der Waals surface area contributed by atoms with Crippen LogP contribution >= 0.6 is 0 Å². The van der Waals surface area contributed by atoms with Gasteiger partial charge in [-0.05, 0) is 19.3 Å². The summed E-state index contributed by atoms with van der Waals surface area (Å²) in [7, 11) is 1.70. The highest BCUT2D eigenvalue weighted by molar-refractivity contribution is 5.48. The molecule has 0 aromatic carbocycles. The summed E-state index contributed by atoms with van der Waals surface area (Å²) in [5.74, 6) is 2.28. The smallest absolute Gasteiger partial charge is 0.133 e. The van der Waals surface area contributed by atoms with E-state index in [0.29, 0.717) is 12.5 Å². The molecule has 0 unspecified atom stereocenters. The van der Waals surface area contributed by atoms with Crippen LogP contribution in [0.3, 0.4) is 0 Å². The molecule has 0 atom stereocenters. The van der Waals surface area contributed by atoms with Gasteiger partial charge in [-0.2, -0.15) is 0 Å². The number of hydrogen-bond acceptors (Lipinski definition) is 4. The third-order valence-corrected chi connectivity index (χ3v) is 2.83. The van der Waals surface area contributed by atoms with Crippen molar-refractivity contribution in [2.24, 2.45) is 0 Å². The summed E-state index contributed by atoms with van der Waals surface area (Å²) in [4.78, 5) is 9.20. The van der Waals surface area contributed by atoms with Crippen LogP contribution < -0.4 is 5.32 Å². The molecule has 102 valence electrons. The van der Waals surface area contributed by atoms with Gasteiger partial charge in [-0.3, -0.25) is 0 Å². The van der Waals surface area contributed by atoms with E-state index in [0.717, 1.165) is 36.7 Å². The quantitative estimate of drug-likeness (QED) is 0.809. The van der Waals surface area contributed by atoms with E-state index in [1.807, 2.05) is 0 Å². The zero-order valence-electron chi connectivity index (χ0n) is 12.2. The van der Waals surface area contributed by atoms with Crippen LogP contribution in [0.1, 0.15) is 50.2 Å². The Kier molecular flexibility index (Phi) is 6.05. The summed E-state index contributed by atoms with van der Waals surface area (Å²) in [6, 6.07) is 0. The van der Waals surface area contributed by atoms with Crippen LogP contribution in [0.5, 0.6) is 0 Å². The maximum absolute atomic E-state index is 5.08. The monoisotopic (exact) mass is 251 g/mol. The maximum atomic E-state index is 5.08. The summed E-state index contributed by atoms with van der Waals surface area (Å²) in [5.41, 5.74) is 2.30. The van der Waals surface area contributed by atoms with Crippen molar-refractivity contribution >= 4 is 5.82 Å². The van der Waals surface area contributed by atoms with Crippen LogP contribution in [0.4, 0.5) is 5.82 Å². The molecular formula is C14H25N3O. The lowest BCUT2D eigenvalue weighted by atomic mass is 10.0. The largest absolute Gasteiger partial charge is 0.384 e. The van der Waals surface area contributed by atoms with Gasteiger partial charge in [0, 0.05) is 31.3 Å². The zero-order valence-corrected chi connectivity index (χ0v) is 12.2. The predicted molar refractivity (Wildman–Crippen MR) is 75.2 cm³/mol. The lowest BCUT2D eigenvalue weighted by Gasteiger charge is -2.17. The van der Waals surface area contributed by atoms with Gasteiger partial charge in [-0.1, -0.05) is 20.8 Å². The molecule has 0 amide bonds. The number of rotatable bonds is 7. The molecule has 4 heteroatoms. The highest BCUT2D eigenvalue weighted by atomic mass is 16.5. The normalized spacial score (nSPS) is 11.0. The van der Waals surface area contributed by atoms with Crippen molar-refractivity contribution in [2.75, 3.05) is 25.6 Å². The highest BCUT2D eigenvalue weighted by Crippen LogP contribution is 2.25. The third kappa shape index (κ3) is 3.95. The first-order chi connectivity index (χ1) is 8.60. The van der Waals surface area contributed by atoms with Crippen LogP contribution in [0.15, 0.2) is 0 Å². The molecule has 0 aliphatic heterocycles. The summed E-state index contributed by atoms with van der Waals surface area (Å²) in [6.45, 7) is 10.2. The summed E-state index contributed by atoms with van der Waals surface area (Å²) >= 11 is 0. The molecule has 1 aromatic heterocycles. The summed E-state index contributed by atoms with van der Waals surface area (Å²) < 4.78 is 5.08. The number of aromatic nitrogens is 2. The SMILES string of the molecule is CCCNc1nc(CCOC)nc(C)c1C(C)C. The lowest BCUT2D eigenvalue weighted by Crippen LogP contribution is -2.13. The average molecular weight is 251 g/mol. The molecule has 18 heavy (non-hydrogen) atoms. The van der Waals surface area contributed by atoms with E-state index in [-0.39, 0.29) is 0 Å². The topological polar surface area (TPSA) is 47.0 Å². The molecule has 0 spiro atoms. The molecule has 0 aliphatic rings. The molecule has 0 saturated heterocycles. The Morgan fingerprint density at radius 2 is 2.00 bits per heavy atom. The Bertz CT molecular complexity index is 378. The second-order valence-electron chi connectivity index (χ2n) is 4.81. The van der Waals surface area contributed by atoms with E-state index in [1.165, 1.54) is 5.56 Å². The number of methoxy groups -OCH3 is 1. The number of nitrogens with zero attached hydrogens (tertiary/aromatic N) is 2. The molecule has 1 heterocycles. The Hall–Kier alpha value is -1.16. The predicted octanol–water partition coefficient (Wildman–Crippen LogP) is 2.92. The molecule has 0 radical (unpaired) electrons. The van der Waals surface area contributed by atoms with Gasteiger partial charge >= 0.3 is 0 Å². The lowest BCUT2D eigenvalue weighted by molar-refractivity contribution is 0.200. The molecule has 0 saturated carbocycles. The first kappa shape index (κ1) is 14.9. The maximum Gasteiger partial charge on any atom is 0.133 e. The molecule has 1 rings (SSSR count). The third-order valence-electron chi connectivity index (χ3n) is 2.83. The Morgan fingerprint density at radius 1 is 1.28 bits per heavy atom. The van der Waals surface area contributed by atoms with Crippen LogP contribution in [-0.2, 0) is 11.2 Å². The van der Waals surface area contributed by atoms with E-state index in [2.05, 4.69) is 43.0 Å². The van der Waals surface area contributed by atoms with Gasteiger partial charge in [0.2, 0.25) is 0 Å². The van der Waals surface area contributed by atoms with Crippen molar-refractivity contribution in [3.8, 4) is 0 Å². The fourth-order valence-electron chi connectivity index (χ4n) is 2.01. The first-order valence-corrected chi connectivity index (χ1v) is 6.70. The fourth-order valence-corrected chi connectivity index (χ4v) is 2.01. The minimum absolute atomic E-state index is 0.431. The number of anilines is 1. The van der Waals surface area contributed by atoms with Crippen molar-refractivity contribution in [3.05, 3.63) is 17.1 Å². The van der Waals surface area contributed by atoms with E-state index in [9.17, 15) is 0 Å². The Labute approximate surface area is 110 Å². The van der Waals surface area contributed by atoms with Crippen molar-refractivity contribution in [2.45, 2.75) is 46.5 Å². The minimum Gasteiger partial charge on any atom is -0.384 e. The van der Waals surface area contributed by atoms with Crippen LogP contribution in [0.2, 0.25) is 0 Å². The van der Waals surface area contributed by atoms with Crippen molar-refractivity contribution < 1.29 is 4.74 Å². The summed E-state index contributed by atoms with van der Waals surface area (Å²) in [6.07, 6.45) is 1.85. The van der Waals surface area contributed by atoms with Crippen LogP contribution in [0.25, 0.3) is 0 Å². The second-order valence-corrected chi connectivity index (χ2v) is 4.81. The average Bonchev–Trinajstić information content (AvgIpc) is 2.32. The number of nitrogens with one attached hydrogen (secondary N) is 1. The molecular weight excluding hydrogens is 226 g/mol. The van der Waals surface area contributed by atoms with Crippen molar-refractivity contribution in [3.63, 3.8) is 0 Å². The minimum atomic E-state index is 0.431.